The number of aromatic nitrogens is 2. The second-order valence-corrected chi connectivity index (χ2v) is 8.86. The van der Waals surface area contributed by atoms with Crippen molar-refractivity contribution in [3.63, 3.8) is 0 Å². The van der Waals surface area contributed by atoms with Crippen molar-refractivity contribution < 1.29 is 0 Å². The van der Waals surface area contributed by atoms with Crippen molar-refractivity contribution in [3.8, 4) is 28.2 Å². The maximum Gasteiger partial charge on any atom is 0.0730 e. The van der Waals surface area contributed by atoms with E-state index in [2.05, 4.69) is 126 Å². The molecule has 7 aromatic rings. The van der Waals surface area contributed by atoms with Crippen LogP contribution in [0.4, 0.5) is 0 Å². The number of para-hydroxylation sites is 1. The zero-order chi connectivity index (χ0) is 23.2. The standard InChI is InChI=1S/C33H22N2/c1-3-12-24(13-4-1)30-21-26(22-31(34-30)25-14-5-2-6-15-25)35-32-18-10-9-17-28(32)29-20-19-23-11-7-8-16-27(23)33(29)35/h1-22H. The van der Waals surface area contributed by atoms with Gasteiger partial charge >= 0.3 is 0 Å². The quantitative estimate of drug-likeness (QED) is 0.265. The van der Waals surface area contributed by atoms with E-state index in [1.165, 1.54) is 32.6 Å². The van der Waals surface area contributed by atoms with E-state index >= 15 is 0 Å². The van der Waals surface area contributed by atoms with Gasteiger partial charge in [-0.3, -0.25) is 0 Å². The Labute approximate surface area is 203 Å². The predicted molar refractivity (Wildman–Crippen MR) is 147 cm³/mol. The molecule has 7 rings (SSSR count). The Balaban J connectivity index is 1.62. The molecule has 35 heavy (non-hydrogen) atoms. The lowest BCUT2D eigenvalue weighted by atomic mass is 10.1. The van der Waals surface area contributed by atoms with E-state index in [1.807, 2.05) is 12.1 Å². The minimum absolute atomic E-state index is 0.966. The lowest BCUT2D eigenvalue weighted by Gasteiger charge is -2.14. The summed E-state index contributed by atoms with van der Waals surface area (Å²) in [6.07, 6.45) is 0. The van der Waals surface area contributed by atoms with Gasteiger partial charge in [0.25, 0.3) is 0 Å². The SMILES string of the molecule is c1ccc(-c2cc(-n3c4ccccc4c4ccc5ccccc5c43)cc(-c3ccccc3)n2)cc1. The van der Waals surface area contributed by atoms with E-state index in [1.54, 1.807) is 0 Å². The van der Waals surface area contributed by atoms with Crippen molar-refractivity contribution in [2.24, 2.45) is 0 Å². The number of nitrogens with zero attached hydrogens (tertiary/aromatic N) is 2. The largest absolute Gasteiger partial charge is 0.308 e. The van der Waals surface area contributed by atoms with Crippen LogP contribution >= 0.6 is 0 Å². The first-order valence-corrected chi connectivity index (χ1v) is 11.9. The first-order valence-electron chi connectivity index (χ1n) is 11.9. The molecular weight excluding hydrogens is 424 g/mol. The summed E-state index contributed by atoms with van der Waals surface area (Å²) in [7, 11) is 0. The third-order valence-electron chi connectivity index (χ3n) is 6.77. The molecule has 0 atom stereocenters. The van der Waals surface area contributed by atoms with E-state index in [-0.39, 0.29) is 0 Å². The molecule has 2 aromatic heterocycles. The van der Waals surface area contributed by atoms with Gasteiger partial charge in [0.2, 0.25) is 0 Å². The van der Waals surface area contributed by atoms with E-state index < -0.39 is 0 Å². The van der Waals surface area contributed by atoms with Gasteiger partial charge in [-0.1, -0.05) is 115 Å². The maximum atomic E-state index is 5.09. The van der Waals surface area contributed by atoms with Crippen molar-refractivity contribution in [2.45, 2.75) is 0 Å². The third-order valence-corrected chi connectivity index (χ3v) is 6.77. The number of hydrogen-bond acceptors (Lipinski definition) is 1. The molecule has 0 saturated carbocycles. The van der Waals surface area contributed by atoms with Crippen LogP contribution in [0.3, 0.4) is 0 Å². The molecule has 0 spiro atoms. The molecular formula is C33H22N2. The monoisotopic (exact) mass is 446 g/mol. The maximum absolute atomic E-state index is 5.09. The number of fused-ring (bicyclic) bond motifs is 5. The average molecular weight is 447 g/mol. The number of benzene rings is 5. The fraction of sp³-hybridized carbons (Fsp3) is 0. The van der Waals surface area contributed by atoms with Gasteiger partial charge in [-0.2, -0.15) is 0 Å². The van der Waals surface area contributed by atoms with Crippen LogP contribution in [0.1, 0.15) is 0 Å². The first-order chi connectivity index (χ1) is 17.4. The molecule has 0 bridgehead atoms. The number of pyridine rings is 1. The van der Waals surface area contributed by atoms with Gasteiger partial charge in [0.1, 0.15) is 0 Å². The second kappa shape index (κ2) is 7.96. The highest BCUT2D eigenvalue weighted by atomic mass is 15.0. The Morgan fingerprint density at radius 1 is 0.457 bits per heavy atom. The molecule has 0 amide bonds. The highest BCUT2D eigenvalue weighted by Crippen LogP contribution is 2.38. The van der Waals surface area contributed by atoms with E-state index in [0.717, 1.165) is 28.2 Å². The van der Waals surface area contributed by atoms with Crippen LogP contribution in [0.2, 0.25) is 0 Å². The summed E-state index contributed by atoms with van der Waals surface area (Å²) in [5.74, 6) is 0. The minimum Gasteiger partial charge on any atom is -0.308 e. The van der Waals surface area contributed by atoms with Crippen molar-refractivity contribution in [2.75, 3.05) is 0 Å². The lowest BCUT2D eigenvalue weighted by molar-refractivity contribution is 1.16. The van der Waals surface area contributed by atoms with Gasteiger partial charge in [-0.05, 0) is 23.6 Å². The third kappa shape index (κ3) is 3.23. The van der Waals surface area contributed by atoms with Gasteiger partial charge in [-0.25, -0.2) is 4.98 Å². The van der Waals surface area contributed by atoms with Crippen LogP contribution < -0.4 is 0 Å². The van der Waals surface area contributed by atoms with Crippen LogP contribution in [-0.2, 0) is 0 Å². The summed E-state index contributed by atoms with van der Waals surface area (Å²) >= 11 is 0. The summed E-state index contributed by atoms with van der Waals surface area (Å²) in [4.78, 5) is 5.09. The number of hydrogen-bond donors (Lipinski definition) is 0. The average Bonchev–Trinajstić information content (AvgIpc) is 3.29. The molecule has 2 nitrogen and oxygen atoms in total. The van der Waals surface area contributed by atoms with Crippen LogP contribution in [-0.4, -0.2) is 9.55 Å². The van der Waals surface area contributed by atoms with E-state index in [0.29, 0.717) is 0 Å². The molecule has 0 saturated heterocycles. The fourth-order valence-electron chi connectivity index (χ4n) is 5.16. The van der Waals surface area contributed by atoms with E-state index in [9.17, 15) is 0 Å². The second-order valence-electron chi connectivity index (χ2n) is 8.86. The fourth-order valence-corrected chi connectivity index (χ4v) is 5.16. The summed E-state index contributed by atoms with van der Waals surface area (Å²) in [5, 5.41) is 5.01. The zero-order valence-corrected chi connectivity index (χ0v) is 19.1. The van der Waals surface area contributed by atoms with Gasteiger partial charge < -0.3 is 4.57 Å². The highest BCUT2D eigenvalue weighted by molar-refractivity contribution is 6.18. The smallest absolute Gasteiger partial charge is 0.0730 e. The molecule has 2 heterocycles. The lowest BCUT2D eigenvalue weighted by Crippen LogP contribution is -1.98. The molecule has 0 radical (unpaired) electrons. The Bertz CT molecular complexity index is 1770. The molecule has 0 aliphatic heterocycles. The van der Waals surface area contributed by atoms with Gasteiger partial charge in [-0.15, -0.1) is 0 Å². The molecule has 0 aliphatic carbocycles. The molecule has 0 fully saturated rings. The van der Waals surface area contributed by atoms with Gasteiger partial charge in [0, 0.05) is 27.3 Å². The van der Waals surface area contributed by atoms with E-state index in [4.69, 9.17) is 4.98 Å². The van der Waals surface area contributed by atoms with Gasteiger partial charge in [0.05, 0.1) is 28.1 Å². The topological polar surface area (TPSA) is 17.8 Å². The molecule has 164 valence electrons. The molecule has 0 aliphatic rings. The predicted octanol–water partition coefficient (Wildman–Crippen LogP) is 8.67. The Morgan fingerprint density at radius 2 is 1.03 bits per heavy atom. The first kappa shape index (κ1) is 19.7. The van der Waals surface area contributed by atoms with Crippen LogP contribution in [0.5, 0.6) is 0 Å². The molecule has 0 N–H and O–H groups in total. The van der Waals surface area contributed by atoms with Crippen molar-refractivity contribution in [1.29, 1.82) is 0 Å². The number of rotatable bonds is 3. The van der Waals surface area contributed by atoms with Crippen molar-refractivity contribution >= 4 is 32.6 Å². The van der Waals surface area contributed by atoms with Gasteiger partial charge in [0.15, 0.2) is 0 Å². The minimum atomic E-state index is 0.966. The zero-order valence-electron chi connectivity index (χ0n) is 19.1. The normalized spacial score (nSPS) is 11.4. The highest BCUT2D eigenvalue weighted by Gasteiger charge is 2.16. The molecule has 5 aromatic carbocycles. The molecule has 0 unspecified atom stereocenters. The Hall–Kier alpha value is -4.69. The summed E-state index contributed by atoms with van der Waals surface area (Å²) < 4.78 is 2.41. The van der Waals surface area contributed by atoms with Crippen LogP contribution in [0.25, 0.3) is 60.8 Å². The molecule has 2 heteroatoms. The summed E-state index contributed by atoms with van der Waals surface area (Å²) in [6, 6.07) is 47.1. The van der Waals surface area contributed by atoms with Crippen LogP contribution in [0.15, 0.2) is 133 Å². The Morgan fingerprint density at radius 3 is 1.71 bits per heavy atom. The van der Waals surface area contributed by atoms with Crippen molar-refractivity contribution in [1.82, 2.24) is 9.55 Å². The summed E-state index contributed by atoms with van der Waals surface area (Å²) in [6.45, 7) is 0. The van der Waals surface area contributed by atoms with Crippen LogP contribution in [0, 0.1) is 0 Å². The van der Waals surface area contributed by atoms with Crippen molar-refractivity contribution in [3.05, 3.63) is 133 Å². The summed E-state index contributed by atoms with van der Waals surface area (Å²) in [5.41, 5.74) is 7.69. The Kier molecular flexibility index (Phi) is 4.49.